The second kappa shape index (κ2) is 9.19. The molecule has 1 amide bonds. The summed E-state index contributed by atoms with van der Waals surface area (Å²) in [5, 5.41) is 12.3. The molecule has 9 heteroatoms. The summed E-state index contributed by atoms with van der Waals surface area (Å²) < 4.78 is 12.0. The van der Waals surface area contributed by atoms with Gasteiger partial charge in [0, 0.05) is 18.0 Å². The number of aryl methyl sites for hydroxylation is 1. The number of pyridine rings is 1. The summed E-state index contributed by atoms with van der Waals surface area (Å²) in [4.78, 5) is 32.6. The van der Waals surface area contributed by atoms with Gasteiger partial charge in [0.25, 0.3) is 11.1 Å². The summed E-state index contributed by atoms with van der Waals surface area (Å²) in [5.74, 6) is -0.177. The lowest BCUT2D eigenvalue weighted by Gasteiger charge is -2.27. The molecule has 4 rings (SSSR count). The molecule has 1 aliphatic rings. The molecule has 0 saturated carbocycles. The molecule has 2 N–H and O–H groups in total. The molecule has 33 heavy (non-hydrogen) atoms. The van der Waals surface area contributed by atoms with Gasteiger partial charge < -0.3 is 19.9 Å². The minimum absolute atomic E-state index is 0.0271. The fourth-order valence-electron chi connectivity index (χ4n) is 3.59. The minimum atomic E-state index is -1.08. The van der Waals surface area contributed by atoms with Gasteiger partial charge in [-0.2, -0.15) is 0 Å². The lowest BCUT2D eigenvalue weighted by Crippen LogP contribution is -2.48. The SMILES string of the molecule is CC(C)(C)C(NC(=O)c1cnc(Oc2ccc3c(c2)CCC(c2cccnc2)O3)s1)C(=O)O. The zero-order chi connectivity index (χ0) is 23.6. The zero-order valence-corrected chi connectivity index (χ0v) is 19.4. The van der Waals surface area contributed by atoms with Crippen LogP contribution in [0.15, 0.2) is 48.9 Å². The highest BCUT2D eigenvalue weighted by Gasteiger charge is 2.33. The molecular weight excluding hydrogens is 442 g/mol. The number of nitrogens with zero attached hydrogens (tertiary/aromatic N) is 2. The van der Waals surface area contributed by atoms with E-state index in [1.165, 1.54) is 6.20 Å². The first-order chi connectivity index (χ1) is 15.7. The Morgan fingerprint density at radius 1 is 1.27 bits per heavy atom. The van der Waals surface area contributed by atoms with Crippen LogP contribution < -0.4 is 14.8 Å². The normalized spacial score (nSPS) is 16.3. The molecule has 1 aromatic carbocycles. The number of hydrogen-bond donors (Lipinski definition) is 2. The largest absolute Gasteiger partial charge is 0.485 e. The average Bonchev–Trinajstić information content (AvgIpc) is 3.25. The summed E-state index contributed by atoms with van der Waals surface area (Å²) in [7, 11) is 0. The lowest BCUT2D eigenvalue weighted by atomic mass is 9.87. The molecule has 2 unspecified atom stereocenters. The van der Waals surface area contributed by atoms with Gasteiger partial charge in [0.05, 0.1) is 6.20 Å². The number of nitrogens with one attached hydrogen (secondary N) is 1. The summed E-state index contributed by atoms with van der Waals surface area (Å²) in [6, 6.07) is 8.47. The van der Waals surface area contributed by atoms with E-state index in [9.17, 15) is 14.7 Å². The molecule has 1 aliphatic heterocycles. The van der Waals surface area contributed by atoms with E-state index in [1.807, 2.05) is 30.5 Å². The predicted molar refractivity (Wildman–Crippen MR) is 123 cm³/mol. The highest BCUT2D eigenvalue weighted by Crippen LogP contribution is 2.38. The van der Waals surface area contributed by atoms with Gasteiger partial charge in [0.15, 0.2) is 0 Å². The van der Waals surface area contributed by atoms with Gasteiger partial charge in [-0.15, -0.1) is 0 Å². The van der Waals surface area contributed by atoms with Gasteiger partial charge in [0.2, 0.25) is 0 Å². The number of benzene rings is 1. The van der Waals surface area contributed by atoms with E-state index in [1.54, 1.807) is 33.0 Å². The number of carbonyl (C=O) groups excluding carboxylic acids is 1. The second-order valence-electron chi connectivity index (χ2n) is 8.90. The Bertz CT molecular complexity index is 1160. The van der Waals surface area contributed by atoms with Crippen LogP contribution in [0.2, 0.25) is 0 Å². The summed E-state index contributed by atoms with van der Waals surface area (Å²) in [6.45, 7) is 5.27. The van der Waals surface area contributed by atoms with Gasteiger partial charge in [-0.1, -0.05) is 38.2 Å². The highest BCUT2D eigenvalue weighted by atomic mass is 32.1. The van der Waals surface area contributed by atoms with Crippen molar-refractivity contribution in [3.05, 3.63) is 64.9 Å². The number of aromatic nitrogens is 2. The van der Waals surface area contributed by atoms with Crippen LogP contribution in [0.4, 0.5) is 0 Å². The first-order valence-corrected chi connectivity index (χ1v) is 11.4. The maximum atomic E-state index is 12.5. The second-order valence-corrected chi connectivity index (χ2v) is 9.90. The third-order valence-electron chi connectivity index (χ3n) is 5.34. The number of amides is 1. The van der Waals surface area contributed by atoms with Crippen LogP contribution in [0.1, 0.15) is 54.1 Å². The van der Waals surface area contributed by atoms with Crippen molar-refractivity contribution in [2.24, 2.45) is 5.41 Å². The van der Waals surface area contributed by atoms with Crippen LogP contribution in [0.25, 0.3) is 0 Å². The number of ether oxygens (including phenoxy) is 2. The van der Waals surface area contributed by atoms with E-state index < -0.39 is 23.3 Å². The highest BCUT2D eigenvalue weighted by molar-refractivity contribution is 7.15. The van der Waals surface area contributed by atoms with Crippen molar-refractivity contribution in [1.29, 1.82) is 0 Å². The molecule has 8 nitrogen and oxygen atoms in total. The van der Waals surface area contributed by atoms with Crippen LogP contribution >= 0.6 is 11.3 Å². The molecule has 0 fully saturated rings. The average molecular weight is 468 g/mol. The Kier molecular flexibility index (Phi) is 6.33. The molecule has 3 heterocycles. The topological polar surface area (TPSA) is 111 Å². The quantitative estimate of drug-likeness (QED) is 0.544. The maximum absolute atomic E-state index is 12.5. The van der Waals surface area contributed by atoms with Crippen molar-refractivity contribution < 1.29 is 24.2 Å². The number of hydrogen-bond acceptors (Lipinski definition) is 7. The molecule has 0 bridgehead atoms. The number of rotatable bonds is 6. The molecule has 0 radical (unpaired) electrons. The van der Waals surface area contributed by atoms with Crippen LogP contribution in [0, 0.1) is 5.41 Å². The number of thiazole rings is 1. The molecule has 2 atom stereocenters. The van der Waals surface area contributed by atoms with Gasteiger partial charge in [-0.3, -0.25) is 9.78 Å². The van der Waals surface area contributed by atoms with Gasteiger partial charge in [-0.25, -0.2) is 9.78 Å². The van der Waals surface area contributed by atoms with Crippen LogP contribution in [-0.2, 0) is 11.2 Å². The van der Waals surface area contributed by atoms with E-state index in [0.717, 1.165) is 41.1 Å². The first kappa shape index (κ1) is 22.7. The standard InChI is InChI=1S/C24H25N3O5S/c1-24(2,3)20(22(29)30)27-21(28)19-13-26-23(33-19)31-16-7-9-17-14(11-16)6-8-18(32-17)15-5-4-10-25-12-15/h4-5,7,9-13,18,20H,6,8H2,1-3H3,(H,27,28)(H,29,30). The Hall–Kier alpha value is -3.46. The molecule has 172 valence electrons. The molecule has 0 saturated heterocycles. The molecule has 0 spiro atoms. The minimum Gasteiger partial charge on any atom is -0.485 e. The summed E-state index contributed by atoms with van der Waals surface area (Å²) >= 11 is 1.06. The number of carbonyl (C=O) groups is 2. The van der Waals surface area contributed by atoms with E-state index >= 15 is 0 Å². The van der Waals surface area contributed by atoms with Crippen LogP contribution in [0.3, 0.4) is 0 Å². The van der Waals surface area contributed by atoms with Gasteiger partial charge >= 0.3 is 5.97 Å². The molecule has 2 aromatic heterocycles. The van der Waals surface area contributed by atoms with Crippen molar-refractivity contribution in [3.63, 3.8) is 0 Å². The maximum Gasteiger partial charge on any atom is 0.326 e. The van der Waals surface area contributed by atoms with Gasteiger partial charge in [-0.05, 0) is 48.1 Å². The smallest absolute Gasteiger partial charge is 0.326 e. The Labute approximate surface area is 195 Å². The summed E-state index contributed by atoms with van der Waals surface area (Å²) in [5.41, 5.74) is 1.46. The van der Waals surface area contributed by atoms with E-state index in [-0.39, 0.29) is 11.0 Å². The van der Waals surface area contributed by atoms with Crippen molar-refractivity contribution in [2.45, 2.75) is 45.8 Å². The van der Waals surface area contributed by atoms with Crippen molar-refractivity contribution in [1.82, 2.24) is 15.3 Å². The monoisotopic (exact) mass is 467 g/mol. The van der Waals surface area contributed by atoms with Crippen LogP contribution in [-0.4, -0.2) is 33.0 Å². The van der Waals surface area contributed by atoms with Crippen LogP contribution in [0.5, 0.6) is 16.7 Å². The molecule has 3 aromatic rings. The Morgan fingerprint density at radius 2 is 2.09 bits per heavy atom. The van der Waals surface area contributed by atoms with Gasteiger partial charge in [0.1, 0.15) is 28.5 Å². The number of carboxylic acids is 1. The zero-order valence-electron chi connectivity index (χ0n) is 18.6. The van der Waals surface area contributed by atoms with Crippen molar-refractivity contribution in [3.8, 4) is 16.7 Å². The fourth-order valence-corrected chi connectivity index (χ4v) is 4.28. The van der Waals surface area contributed by atoms with E-state index in [2.05, 4.69) is 15.3 Å². The predicted octanol–water partition coefficient (Wildman–Crippen LogP) is 4.63. The molecule has 0 aliphatic carbocycles. The Morgan fingerprint density at radius 3 is 2.79 bits per heavy atom. The first-order valence-electron chi connectivity index (χ1n) is 10.6. The number of fused-ring (bicyclic) bond motifs is 1. The van der Waals surface area contributed by atoms with E-state index in [0.29, 0.717) is 10.9 Å². The summed E-state index contributed by atoms with van der Waals surface area (Å²) in [6.07, 6.45) is 6.59. The van der Waals surface area contributed by atoms with Crippen molar-refractivity contribution >= 4 is 23.2 Å². The fraction of sp³-hybridized carbons (Fsp3) is 0.333. The van der Waals surface area contributed by atoms with E-state index in [4.69, 9.17) is 9.47 Å². The third kappa shape index (κ3) is 5.31. The number of aliphatic carboxylic acids is 1. The molecular formula is C24H25N3O5S. The number of carboxylic acid groups (broad SMARTS) is 1. The third-order valence-corrected chi connectivity index (χ3v) is 6.21. The van der Waals surface area contributed by atoms with Crippen molar-refractivity contribution in [2.75, 3.05) is 0 Å². The Balaban J connectivity index is 1.42. The lowest BCUT2D eigenvalue weighted by molar-refractivity contribution is -0.142.